The first kappa shape index (κ1) is 15.0. The van der Waals surface area contributed by atoms with Crippen LogP contribution in [0.25, 0.3) is 0 Å². The minimum atomic E-state index is 0.633. The number of rotatable bonds is 7. The molecule has 3 saturated heterocycles. The van der Waals surface area contributed by atoms with Crippen molar-refractivity contribution in [2.75, 3.05) is 39.3 Å². The molecule has 1 N–H and O–H groups in total. The van der Waals surface area contributed by atoms with E-state index in [1.807, 2.05) is 0 Å². The van der Waals surface area contributed by atoms with Gasteiger partial charge < -0.3 is 5.32 Å². The molecule has 1 aromatic carbocycles. The third-order valence-corrected chi connectivity index (χ3v) is 5.03. The molecular weight excluding hydrogens is 258 g/mol. The second-order valence-corrected chi connectivity index (χ2v) is 6.49. The van der Waals surface area contributed by atoms with Gasteiger partial charge in [0.1, 0.15) is 0 Å². The summed E-state index contributed by atoms with van der Waals surface area (Å²) in [6, 6.07) is 12.3. The number of hydrogen-bond acceptors (Lipinski definition) is 3. The van der Waals surface area contributed by atoms with Crippen molar-refractivity contribution in [2.24, 2.45) is 0 Å². The molecule has 3 fully saturated rings. The van der Waals surface area contributed by atoms with Gasteiger partial charge in [0.2, 0.25) is 0 Å². The number of nitrogens with zero attached hydrogens (tertiary/aromatic N) is 2. The number of fused-ring (bicyclic) bond motifs is 3. The largest absolute Gasteiger partial charge is 0.312 e. The molecule has 116 valence electrons. The van der Waals surface area contributed by atoms with E-state index in [9.17, 15) is 0 Å². The van der Waals surface area contributed by atoms with Crippen LogP contribution >= 0.6 is 0 Å². The Bertz CT molecular complexity index is 412. The van der Waals surface area contributed by atoms with Crippen LogP contribution in [0.5, 0.6) is 0 Å². The molecule has 3 heteroatoms. The molecule has 3 aliphatic heterocycles. The van der Waals surface area contributed by atoms with Crippen LogP contribution in [0.15, 0.2) is 30.3 Å². The van der Waals surface area contributed by atoms with Gasteiger partial charge in [-0.25, -0.2) is 0 Å². The highest BCUT2D eigenvalue weighted by Crippen LogP contribution is 2.21. The fourth-order valence-corrected chi connectivity index (χ4v) is 3.77. The van der Waals surface area contributed by atoms with E-state index in [-0.39, 0.29) is 0 Å². The lowest BCUT2D eigenvalue weighted by atomic mass is 9.94. The Balaban J connectivity index is 1.60. The summed E-state index contributed by atoms with van der Waals surface area (Å²) in [7, 11) is 0. The minimum Gasteiger partial charge on any atom is -0.312 e. The van der Waals surface area contributed by atoms with Gasteiger partial charge in [0, 0.05) is 44.8 Å². The summed E-state index contributed by atoms with van der Waals surface area (Å²) in [5.41, 5.74) is 1.47. The van der Waals surface area contributed by atoms with E-state index in [0.717, 1.165) is 6.54 Å². The van der Waals surface area contributed by atoms with E-state index in [1.54, 1.807) is 0 Å². The maximum absolute atomic E-state index is 3.83. The van der Waals surface area contributed by atoms with Crippen LogP contribution in [0.2, 0.25) is 0 Å². The van der Waals surface area contributed by atoms with Crippen LogP contribution in [0.1, 0.15) is 25.3 Å². The molecule has 3 nitrogen and oxygen atoms in total. The van der Waals surface area contributed by atoms with Crippen molar-refractivity contribution >= 4 is 0 Å². The highest BCUT2D eigenvalue weighted by molar-refractivity contribution is 5.15. The number of piperazine rings is 3. The van der Waals surface area contributed by atoms with Gasteiger partial charge in [-0.2, -0.15) is 0 Å². The molecule has 0 amide bonds. The fourth-order valence-electron chi connectivity index (χ4n) is 3.77. The Labute approximate surface area is 129 Å². The van der Waals surface area contributed by atoms with Crippen molar-refractivity contribution in [1.82, 2.24) is 15.1 Å². The van der Waals surface area contributed by atoms with Crippen LogP contribution in [0.3, 0.4) is 0 Å². The van der Waals surface area contributed by atoms with Gasteiger partial charge in [-0.3, -0.25) is 9.80 Å². The van der Waals surface area contributed by atoms with E-state index in [4.69, 9.17) is 0 Å². The lowest BCUT2D eigenvalue weighted by Crippen LogP contribution is -2.66. The van der Waals surface area contributed by atoms with E-state index < -0.39 is 0 Å². The average Bonchev–Trinajstić information content (AvgIpc) is 2.57. The van der Waals surface area contributed by atoms with Gasteiger partial charge in [-0.15, -0.1) is 0 Å². The van der Waals surface area contributed by atoms with Gasteiger partial charge in [-0.1, -0.05) is 37.3 Å². The zero-order valence-electron chi connectivity index (χ0n) is 13.3. The second kappa shape index (κ2) is 7.39. The normalized spacial score (nSPS) is 29.5. The highest BCUT2D eigenvalue weighted by Gasteiger charge is 2.36. The molecule has 2 unspecified atom stereocenters. The number of nitrogens with one attached hydrogen (secondary N) is 1. The van der Waals surface area contributed by atoms with Crippen LogP contribution in [0, 0.1) is 0 Å². The third-order valence-electron chi connectivity index (χ3n) is 5.03. The van der Waals surface area contributed by atoms with Crippen molar-refractivity contribution in [3.8, 4) is 0 Å². The molecular formula is C18H29N3. The first-order valence-corrected chi connectivity index (χ1v) is 8.60. The predicted octanol–water partition coefficient (Wildman–Crippen LogP) is 1.99. The number of benzene rings is 1. The topological polar surface area (TPSA) is 18.5 Å². The summed E-state index contributed by atoms with van der Waals surface area (Å²) in [6.07, 6.45) is 3.66. The molecule has 0 spiro atoms. The van der Waals surface area contributed by atoms with Crippen LogP contribution in [0.4, 0.5) is 0 Å². The molecule has 3 aliphatic rings. The SMILES string of the molecule is CCCNC(CCc1ccccc1)C1CN2CCN1CC2. The molecule has 0 aliphatic carbocycles. The van der Waals surface area contributed by atoms with Crippen molar-refractivity contribution in [2.45, 2.75) is 38.3 Å². The third kappa shape index (κ3) is 3.85. The lowest BCUT2D eigenvalue weighted by Gasteiger charge is -2.50. The van der Waals surface area contributed by atoms with Crippen molar-refractivity contribution in [1.29, 1.82) is 0 Å². The summed E-state index contributed by atoms with van der Waals surface area (Å²) in [5, 5.41) is 3.83. The van der Waals surface area contributed by atoms with Gasteiger partial charge in [0.25, 0.3) is 0 Å². The number of hydrogen-bond donors (Lipinski definition) is 1. The summed E-state index contributed by atoms with van der Waals surface area (Å²) < 4.78 is 0. The summed E-state index contributed by atoms with van der Waals surface area (Å²) in [5.74, 6) is 0. The highest BCUT2D eigenvalue weighted by atomic mass is 15.4. The van der Waals surface area contributed by atoms with E-state index in [1.165, 1.54) is 57.5 Å². The molecule has 0 aromatic heterocycles. The molecule has 2 atom stereocenters. The Morgan fingerprint density at radius 2 is 1.90 bits per heavy atom. The molecule has 3 heterocycles. The summed E-state index contributed by atoms with van der Waals surface area (Å²) in [4.78, 5) is 5.37. The zero-order valence-corrected chi connectivity index (χ0v) is 13.3. The van der Waals surface area contributed by atoms with Gasteiger partial charge in [0.05, 0.1) is 0 Å². The quantitative estimate of drug-likeness (QED) is 0.827. The van der Waals surface area contributed by atoms with Crippen molar-refractivity contribution in [3.05, 3.63) is 35.9 Å². The molecule has 4 rings (SSSR count). The maximum atomic E-state index is 3.83. The summed E-state index contributed by atoms with van der Waals surface area (Å²) >= 11 is 0. The Kier molecular flexibility index (Phi) is 5.28. The number of aryl methyl sites for hydroxylation is 1. The standard InChI is InChI=1S/C18H29N3/c1-2-10-19-17(9-8-16-6-4-3-5-7-16)18-15-20-11-13-21(18)14-12-20/h3-7,17-19H,2,8-15H2,1H3. The lowest BCUT2D eigenvalue weighted by molar-refractivity contribution is -0.00437. The first-order valence-electron chi connectivity index (χ1n) is 8.60. The molecule has 21 heavy (non-hydrogen) atoms. The van der Waals surface area contributed by atoms with Crippen molar-refractivity contribution in [3.63, 3.8) is 0 Å². The zero-order chi connectivity index (χ0) is 14.5. The average molecular weight is 287 g/mol. The fraction of sp³-hybridized carbons (Fsp3) is 0.667. The monoisotopic (exact) mass is 287 g/mol. The minimum absolute atomic E-state index is 0.633. The smallest absolute Gasteiger partial charge is 0.0377 e. The van der Waals surface area contributed by atoms with Crippen LogP contribution in [-0.4, -0.2) is 61.2 Å². The summed E-state index contributed by atoms with van der Waals surface area (Å²) in [6.45, 7) is 9.74. The maximum Gasteiger partial charge on any atom is 0.0377 e. The Hall–Kier alpha value is -0.900. The first-order chi connectivity index (χ1) is 10.4. The van der Waals surface area contributed by atoms with Crippen LogP contribution in [-0.2, 0) is 6.42 Å². The van der Waals surface area contributed by atoms with E-state index in [0.29, 0.717) is 12.1 Å². The molecule has 1 aromatic rings. The Morgan fingerprint density at radius 1 is 1.14 bits per heavy atom. The van der Waals surface area contributed by atoms with Crippen molar-refractivity contribution < 1.29 is 0 Å². The molecule has 0 saturated carbocycles. The molecule has 0 radical (unpaired) electrons. The van der Waals surface area contributed by atoms with Gasteiger partial charge in [-0.05, 0) is 31.4 Å². The second-order valence-electron chi connectivity index (χ2n) is 6.49. The van der Waals surface area contributed by atoms with E-state index in [2.05, 4.69) is 52.4 Å². The van der Waals surface area contributed by atoms with E-state index >= 15 is 0 Å². The van der Waals surface area contributed by atoms with Gasteiger partial charge in [0.15, 0.2) is 0 Å². The predicted molar refractivity (Wildman–Crippen MR) is 88.6 cm³/mol. The van der Waals surface area contributed by atoms with Crippen LogP contribution < -0.4 is 5.32 Å². The van der Waals surface area contributed by atoms with Gasteiger partial charge >= 0.3 is 0 Å². The molecule has 2 bridgehead atoms. The Morgan fingerprint density at radius 3 is 2.52 bits per heavy atom.